The summed E-state index contributed by atoms with van der Waals surface area (Å²) in [4.78, 5) is 18.5. The van der Waals surface area contributed by atoms with Crippen LogP contribution in [0.1, 0.15) is 55.0 Å². The molecule has 7 nitrogen and oxygen atoms in total. The summed E-state index contributed by atoms with van der Waals surface area (Å²) in [5.41, 5.74) is 6.69. The summed E-state index contributed by atoms with van der Waals surface area (Å²) >= 11 is 1.58. The van der Waals surface area contributed by atoms with Gasteiger partial charge in [0.05, 0.1) is 12.7 Å². The zero-order valence-corrected chi connectivity index (χ0v) is 23.7. The number of rotatable bonds is 8. The maximum atomic E-state index is 13.7. The molecule has 0 aliphatic carbocycles. The van der Waals surface area contributed by atoms with E-state index in [1.807, 2.05) is 35.9 Å². The zero-order chi connectivity index (χ0) is 27.5. The van der Waals surface area contributed by atoms with E-state index in [9.17, 15) is 4.79 Å². The highest BCUT2D eigenvalue weighted by atomic mass is 32.2. The van der Waals surface area contributed by atoms with Gasteiger partial charge in [0.25, 0.3) is 5.91 Å². The van der Waals surface area contributed by atoms with E-state index in [0.717, 1.165) is 22.8 Å². The number of anilines is 2. The first-order valence-corrected chi connectivity index (χ1v) is 14.0. The first-order chi connectivity index (χ1) is 18.8. The summed E-state index contributed by atoms with van der Waals surface area (Å²) in [5, 5.41) is 11.9. The summed E-state index contributed by atoms with van der Waals surface area (Å²) in [6, 6.07) is 23.7. The minimum absolute atomic E-state index is 0.196. The number of aromatic nitrogens is 3. The number of thioether (sulfide) groups is 1. The predicted molar refractivity (Wildman–Crippen MR) is 157 cm³/mol. The maximum absolute atomic E-state index is 13.7. The Labute approximate surface area is 233 Å². The molecule has 0 radical (unpaired) electrons. The van der Waals surface area contributed by atoms with Crippen molar-refractivity contribution in [1.82, 2.24) is 14.8 Å². The van der Waals surface area contributed by atoms with Crippen LogP contribution < -0.4 is 15.4 Å². The Morgan fingerprint density at radius 2 is 1.82 bits per heavy atom. The van der Waals surface area contributed by atoms with Crippen LogP contribution in [0.15, 0.2) is 89.2 Å². The third-order valence-corrected chi connectivity index (χ3v) is 7.70. The Morgan fingerprint density at radius 1 is 1.08 bits per heavy atom. The number of benzene rings is 3. The van der Waals surface area contributed by atoms with Crippen LogP contribution in [0.3, 0.4) is 0 Å². The molecule has 39 heavy (non-hydrogen) atoms. The fourth-order valence-electron chi connectivity index (χ4n) is 4.68. The third-order valence-electron chi connectivity index (χ3n) is 6.79. The zero-order valence-electron chi connectivity index (χ0n) is 22.9. The van der Waals surface area contributed by atoms with Crippen LogP contribution in [-0.2, 0) is 10.5 Å². The number of aryl methyl sites for hydroxylation is 1. The topological polar surface area (TPSA) is 81.1 Å². The molecule has 0 spiro atoms. The highest BCUT2D eigenvalue weighted by molar-refractivity contribution is 7.98. The molecule has 1 amide bonds. The number of amides is 1. The van der Waals surface area contributed by atoms with Crippen LogP contribution in [0, 0.1) is 6.92 Å². The number of fused-ring (bicyclic) bond motifs is 1. The van der Waals surface area contributed by atoms with Gasteiger partial charge in [0.1, 0.15) is 11.8 Å². The summed E-state index contributed by atoms with van der Waals surface area (Å²) in [7, 11) is 1.62. The molecule has 8 heteroatoms. The molecular weight excluding hydrogens is 506 g/mol. The standard InChI is InChI=1S/C31H33N5O2S/c1-19(2)23-9-11-24(12-10-23)28-27(29(37)33-25-13-15-26(38-5)16-14-25)21(4)32-30-34-31(35-36(28)30)39-18-22-8-6-7-20(3)17-22/h6-17,19,28H,18H2,1-5H3,(H,33,37)(H,32,34,35)/t28-/m1/s1. The monoisotopic (exact) mass is 539 g/mol. The molecule has 200 valence electrons. The van der Waals surface area contributed by atoms with E-state index in [4.69, 9.17) is 14.8 Å². The van der Waals surface area contributed by atoms with Crippen molar-refractivity contribution in [3.8, 4) is 5.75 Å². The van der Waals surface area contributed by atoms with Gasteiger partial charge in [0.15, 0.2) is 0 Å². The van der Waals surface area contributed by atoms with Gasteiger partial charge in [0, 0.05) is 17.1 Å². The molecule has 2 N–H and O–H groups in total. The molecular formula is C31H33N5O2S. The van der Waals surface area contributed by atoms with Gasteiger partial charge >= 0.3 is 0 Å². The number of nitrogens with one attached hydrogen (secondary N) is 2. The number of ether oxygens (including phenoxy) is 1. The molecule has 0 saturated heterocycles. The molecule has 4 aromatic rings. The van der Waals surface area contributed by atoms with E-state index in [0.29, 0.717) is 28.3 Å². The van der Waals surface area contributed by atoms with E-state index < -0.39 is 6.04 Å². The van der Waals surface area contributed by atoms with Crippen molar-refractivity contribution in [2.75, 3.05) is 17.7 Å². The van der Waals surface area contributed by atoms with Gasteiger partial charge in [0.2, 0.25) is 11.1 Å². The fraction of sp³-hybridized carbons (Fsp3) is 0.258. The van der Waals surface area contributed by atoms with Gasteiger partial charge in [-0.05, 0) is 60.7 Å². The van der Waals surface area contributed by atoms with Crippen molar-refractivity contribution >= 4 is 29.3 Å². The predicted octanol–water partition coefficient (Wildman–Crippen LogP) is 6.94. The van der Waals surface area contributed by atoms with Gasteiger partial charge in [-0.2, -0.15) is 4.98 Å². The molecule has 0 saturated carbocycles. The molecule has 0 unspecified atom stereocenters. The Morgan fingerprint density at radius 3 is 2.49 bits per heavy atom. The molecule has 5 rings (SSSR count). The highest BCUT2D eigenvalue weighted by Gasteiger charge is 2.34. The molecule has 1 aliphatic heterocycles. The van der Waals surface area contributed by atoms with Crippen LogP contribution in [0.5, 0.6) is 5.75 Å². The van der Waals surface area contributed by atoms with E-state index in [1.54, 1.807) is 18.9 Å². The average Bonchev–Trinajstić information content (AvgIpc) is 3.34. The van der Waals surface area contributed by atoms with Crippen molar-refractivity contribution in [3.63, 3.8) is 0 Å². The van der Waals surface area contributed by atoms with Crippen LogP contribution >= 0.6 is 11.8 Å². The van der Waals surface area contributed by atoms with Gasteiger partial charge in [-0.1, -0.05) is 79.7 Å². The smallest absolute Gasteiger partial charge is 0.255 e. The normalized spacial score (nSPS) is 14.7. The lowest BCUT2D eigenvalue weighted by atomic mass is 9.93. The van der Waals surface area contributed by atoms with Gasteiger partial charge in [-0.15, -0.1) is 5.10 Å². The van der Waals surface area contributed by atoms with E-state index in [2.05, 4.69) is 79.9 Å². The molecule has 1 aromatic heterocycles. The van der Waals surface area contributed by atoms with Gasteiger partial charge < -0.3 is 15.4 Å². The Balaban J connectivity index is 1.48. The maximum Gasteiger partial charge on any atom is 0.255 e. The van der Waals surface area contributed by atoms with Crippen molar-refractivity contribution in [2.24, 2.45) is 0 Å². The minimum atomic E-state index is -0.429. The fourth-order valence-corrected chi connectivity index (χ4v) is 5.45. The Bertz CT molecular complexity index is 1510. The van der Waals surface area contributed by atoms with Crippen molar-refractivity contribution in [1.29, 1.82) is 0 Å². The third kappa shape index (κ3) is 5.86. The molecule has 0 fully saturated rings. The second-order valence-corrected chi connectivity index (χ2v) is 11.0. The second-order valence-electron chi connectivity index (χ2n) is 10.0. The van der Waals surface area contributed by atoms with Crippen LogP contribution in [0.25, 0.3) is 0 Å². The Hall–Kier alpha value is -4.04. The highest BCUT2D eigenvalue weighted by Crippen LogP contribution is 2.37. The van der Waals surface area contributed by atoms with E-state index in [-0.39, 0.29) is 5.91 Å². The second kappa shape index (κ2) is 11.4. The van der Waals surface area contributed by atoms with E-state index in [1.165, 1.54) is 16.7 Å². The van der Waals surface area contributed by atoms with Gasteiger partial charge in [-0.3, -0.25) is 4.79 Å². The van der Waals surface area contributed by atoms with Crippen LogP contribution in [-0.4, -0.2) is 27.8 Å². The van der Waals surface area contributed by atoms with Crippen molar-refractivity contribution < 1.29 is 9.53 Å². The lowest BCUT2D eigenvalue weighted by Crippen LogP contribution is -2.31. The van der Waals surface area contributed by atoms with Crippen molar-refractivity contribution in [3.05, 3.63) is 106 Å². The molecule has 0 bridgehead atoms. The van der Waals surface area contributed by atoms with Crippen LogP contribution in [0.2, 0.25) is 0 Å². The van der Waals surface area contributed by atoms with Crippen molar-refractivity contribution in [2.45, 2.75) is 50.6 Å². The number of methoxy groups -OCH3 is 1. The van der Waals surface area contributed by atoms with Gasteiger partial charge in [-0.25, -0.2) is 4.68 Å². The van der Waals surface area contributed by atoms with E-state index >= 15 is 0 Å². The quantitative estimate of drug-likeness (QED) is 0.236. The summed E-state index contributed by atoms with van der Waals surface area (Å²) in [6.45, 7) is 8.35. The van der Waals surface area contributed by atoms with Crippen LogP contribution in [0.4, 0.5) is 11.6 Å². The molecule has 3 aromatic carbocycles. The summed E-state index contributed by atoms with van der Waals surface area (Å²) in [6.07, 6.45) is 0. The molecule has 1 aliphatic rings. The number of carbonyl (C=O) groups excluding carboxylic acids is 1. The SMILES string of the molecule is COc1ccc(NC(=O)C2=C(C)Nc3nc(SCc4cccc(C)c4)nn3[C@@H]2c2ccc(C(C)C)cc2)cc1. The number of allylic oxidation sites excluding steroid dienone is 1. The Kier molecular flexibility index (Phi) is 7.74. The average molecular weight is 540 g/mol. The minimum Gasteiger partial charge on any atom is -0.497 e. The summed E-state index contributed by atoms with van der Waals surface area (Å²) < 4.78 is 7.08. The number of carbonyl (C=O) groups is 1. The first kappa shape index (κ1) is 26.6. The largest absolute Gasteiger partial charge is 0.497 e. The number of hydrogen-bond acceptors (Lipinski definition) is 6. The summed E-state index contributed by atoms with van der Waals surface area (Å²) in [5.74, 6) is 2.33. The number of hydrogen-bond donors (Lipinski definition) is 2. The first-order valence-electron chi connectivity index (χ1n) is 13.0. The molecule has 2 heterocycles. The lowest BCUT2D eigenvalue weighted by Gasteiger charge is -2.29. The molecule has 1 atom stereocenters. The lowest BCUT2D eigenvalue weighted by molar-refractivity contribution is -0.113. The number of nitrogens with zero attached hydrogens (tertiary/aromatic N) is 3.